The number of piperidine rings is 1. The van der Waals surface area contributed by atoms with Crippen molar-refractivity contribution < 1.29 is 23.9 Å². The zero-order chi connectivity index (χ0) is 34.0. The molecule has 0 aliphatic carbocycles. The van der Waals surface area contributed by atoms with Gasteiger partial charge in [0.2, 0.25) is 0 Å². The summed E-state index contributed by atoms with van der Waals surface area (Å²) in [6.07, 6.45) is 4.51. The van der Waals surface area contributed by atoms with Crippen molar-refractivity contribution in [3.63, 3.8) is 0 Å². The lowest BCUT2D eigenvalue weighted by Crippen LogP contribution is -2.50. The van der Waals surface area contributed by atoms with E-state index in [-0.39, 0.29) is 24.1 Å². The zero-order valence-electron chi connectivity index (χ0n) is 27.2. The minimum absolute atomic E-state index is 0.00817. The predicted molar refractivity (Wildman–Crippen MR) is 185 cm³/mol. The molecule has 2 aliphatic heterocycles. The van der Waals surface area contributed by atoms with Gasteiger partial charge < -0.3 is 25.0 Å². The Morgan fingerprint density at radius 2 is 1.96 bits per heavy atom. The largest absolute Gasteiger partial charge is 0.457 e. The van der Waals surface area contributed by atoms with E-state index in [1.54, 1.807) is 42.0 Å². The lowest BCUT2D eigenvalue weighted by Gasteiger charge is -2.33. The van der Waals surface area contributed by atoms with Crippen molar-refractivity contribution in [1.82, 2.24) is 15.2 Å². The van der Waals surface area contributed by atoms with Crippen LogP contribution in [0.5, 0.6) is 11.5 Å². The van der Waals surface area contributed by atoms with Crippen LogP contribution < -0.4 is 20.3 Å². The second kappa shape index (κ2) is 13.5. The molecule has 0 bridgehead atoms. The Balaban J connectivity index is 1.22. The number of nitrogens with one attached hydrogen (secondary N) is 2. The van der Waals surface area contributed by atoms with Crippen LogP contribution in [0.25, 0.3) is 10.2 Å². The number of rotatable bonds is 9. The number of thiophene rings is 1. The molecule has 0 saturated carbocycles. The van der Waals surface area contributed by atoms with Gasteiger partial charge >= 0.3 is 6.03 Å². The normalized spacial score (nSPS) is 16.4. The van der Waals surface area contributed by atoms with Crippen LogP contribution in [0.15, 0.2) is 72.4 Å². The van der Waals surface area contributed by atoms with Gasteiger partial charge in [0, 0.05) is 31.9 Å². The highest BCUT2D eigenvalue weighted by molar-refractivity contribution is 7.21. The van der Waals surface area contributed by atoms with Crippen LogP contribution in [0, 0.1) is 18.3 Å². The highest BCUT2D eigenvalue weighted by Gasteiger charge is 2.35. The lowest BCUT2D eigenvalue weighted by atomic mass is 10.0. The monoisotopic (exact) mass is 664 g/mol. The topological polar surface area (TPSA) is 137 Å². The first-order valence-corrected chi connectivity index (χ1v) is 16.6. The number of amides is 4. The first-order valence-electron chi connectivity index (χ1n) is 15.8. The molecule has 1 fully saturated rings. The SMILES string of the molecule is CCOC(C)(C)C=C(C#N)C(=O)N1CCC[C@@H](NC(=O)c2sc3nccc4c3c2NC(=O)N4c2ccc(Oc3ccccc3)cc2C)C1. The average Bonchev–Trinajstić information content (AvgIpc) is 3.44. The van der Waals surface area contributed by atoms with Crippen LogP contribution in [-0.2, 0) is 9.53 Å². The number of ether oxygens (including phenoxy) is 2. The third-order valence-electron chi connectivity index (χ3n) is 8.24. The summed E-state index contributed by atoms with van der Waals surface area (Å²) in [6, 6.07) is 18.0. The lowest BCUT2D eigenvalue weighted by molar-refractivity contribution is -0.128. The van der Waals surface area contributed by atoms with E-state index in [1.807, 2.05) is 68.4 Å². The van der Waals surface area contributed by atoms with E-state index in [9.17, 15) is 19.6 Å². The predicted octanol–water partition coefficient (Wildman–Crippen LogP) is 7.07. The Kier molecular flexibility index (Phi) is 9.17. The number of hydrogen-bond donors (Lipinski definition) is 2. The minimum Gasteiger partial charge on any atom is -0.457 e. The molecule has 2 aliphatic rings. The number of carbonyl (C=O) groups is 3. The zero-order valence-corrected chi connectivity index (χ0v) is 28.0. The van der Waals surface area contributed by atoms with Crippen LogP contribution in [0.2, 0.25) is 0 Å². The molecule has 0 unspecified atom stereocenters. The molecule has 0 spiro atoms. The number of anilines is 3. The Labute approximate surface area is 282 Å². The molecule has 2 aromatic heterocycles. The number of nitriles is 1. The summed E-state index contributed by atoms with van der Waals surface area (Å²) in [4.78, 5) is 49.4. The van der Waals surface area contributed by atoms with Gasteiger partial charge in [-0.15, -0.1) is 11.3 Å². The maximum Gasteiger partial charge on any atom is 0.331 e. The molecule has 6 rings (SSSR count). The number of urea groups is 1. The summed E-state index contributed by atoms with van der Waals surface area (Å²) >= 11 is 1.20. The van der Waals surface area contributed by atoms with Crippen molar-refractivity contribution in [2.45, 2.75) is 52.2 Å². The van der Waals surface area contributed by atoms with Crippen LogP contribution in [0.1, 0.15) is 48.8 Å². The second-order valence-corrected chi connectivity index (χ2v) is 13.2. The molecule has 1 saturated heterocycles. The molecule has 0 radical (unpaired) electrons. The molecular formula is C36H36N6O5S. The first kappa shape index (κ1) is 32.7. The number of pyridine rings is 1. The van der Waals surface area contributed by atoms with Gasteiger partial charge in [0.25, 0.3) is 11.8 Å². The fraction of sp³-hybridized carbons (Fsp3) is 0.306. The third kappa shape index (κ3) is 6.60. The summed E-state index contributed by atoms with van der Waals surface area (Å²) in [5, 5.41) is 16.4. The average molecular weight is 665 g/mol. The fourth-order valence-corrected chi connectivity index (χ4v) is 7.18. The maximum atomic E-state index is 13.7. The van der Waals surface area contributed by atoms with Crippen LogP contribution in [-0.4, -0.2) is 59.1 Å². The molecule has 12 heteroatoms. The van der Waals surface area contributed by atoms with Gasteiger partial charge in [-0.3, -0.25) is 14.5 Å². The van der Waals surface area contributed by atoms with E-state index in [1.165, 1.54) is 11.3 Å². The summed E-state index contributed by atoms with van der Waals surface area (Å²) < 4.78 is 11.6. The van der Waals surface area contributed by atoms with Crippen LogP contribution in [0.4, 0.5) is 21.9 Å². The van der Waals surface area contributed by atoms with Crippen LogP contribution >= 0.6 is 11.3 Å². The molecular weight excluding hydrogens is 628 g/mol. The van der Waals surface area contributed by atoms with Gasteiger partial charge in [-0.05, 0) is 88.6 Å². The molecule has 48 heavy (non-hydrogen) atoms. The van der Waals surface area contributed by atoms with Crippen LogP contribution in [0.3, 0.4) is 0 Å². The Morgan fingerprint density at radius 3 is 2.69 bits per heavy atom. The van der Waals surface area contributed by atoms with Crippen molar-refractivity contribution in [3.8, 4) is 17.6 Å². The summed E-state index contributed by atoms with van der Waals surface area (Å²) in [7, 11) is 0. The number of likely N-dealkylation sites (tertiary alicyclic amines) is 1. The van der Waals surface area contributed by atoms with E-state index >= 15 is 0 Å². The number of para-hydroxylation sites is 1. The van der Waals surface area contributed by atoms with E-state index < -0.39 is 17.5 Å². The molecule has 246 valence electrons. The first-order chi connectivity index (χ1) is 23.1. The summed E-state index contributed by atoms with van der Waals surface area (Å²) in [6.45, 7) is 8.54. The number of aromatic nitrogens is 1. The highest BCUT2D eigenvalue weighted by Crippen LogP contribution is 2.46. The quantitative estimate of drug-likeness (QED) is 0.144. The van der Waals surface area contributed by atoms with Crippen molar-refractivity contribution in [1.29, 1.82) is 5.26 Å². The molecule has 2 aromatic carbocycles. The van der Waals surface area contributed by atoms with E-state index in [2.05, 4.69) is 15.6 Å². The number of aryl methyl sites for hydroxylation is 1. The molecule has 2 N–H and O–H groups in total. The maximum absolute atomic E-state index is 13.7. The van der Waals surface area contributed by atoms with E-state index in [0.717, 1.165) is 5.56 Å². The number of carbonyl (C=O) groups excluding carboxylic acids is 3. The fourth-order valence-electron chi connectivity index (χ4n) is 6.15. The highest BCUT2D eigenvalue weighted by atomic mass is 32.1. The number of benzene rings is 2. The van der Waals surface area contributed by atoms with Crippen molar-refractivity contribution >= 4 is 56.5 Å². The molecule has 11 nitrogen and oxygen atoms in total. The van der Waals surface area contributed by atoms with Crippen molar-refractivity contribution in [2.75, 3.05) is 29.9 Å². The third-order valence-corrected chi connectivity index (χ3v) is 9.34. The molecule has 4 aromatic rings. The Morgan fingerprint density at radius 1 is 1.17 bits per heavy atom. The number of nitrogens with zero attached hydrogens (tertiary/aromatic N) is 4. The van der Waals surface area contributed by atoms with Crippen molar-refractivity contribution in [2.24, 2.45) is 0 Å². The van der Waals surface area contributed by atoms with E-state index in [0.29, 0.717) is 69.6 Å². The van der Waals surface area contributed by atoms with Gasteiger partial charge in [0.15, 0.2) is 0 Å². The smallest absolute Gasteiger partial charge is 0.331 e. The Bertz CT molecular complexity index is 1960. The summed E-state index contributed by atoms with van der Waals surface area (Å²) in [5.74, 6) is 0.603. The minimum atomic E-state index is -0.771. The standard InChI is InChI=1S/C36H36N6O5S/c1-5-46-36(3,4)19-23(20-37)34(44)41-17-9-10-24(21-41)39-32(43)31-30-29-28(15-16-38-33(29)48-31)42(35(45)40-30)27-14-13-26(18-22(27)2)47-25-11-7-6-8-12-25/h6-8,11-16,18-19,24H,5,9-10,17,21H2,1-4H3,(H,39,43)(H,40,45)/t24-/m1/s1. The van der Waals surface area contributed by atoms with Gasteiger partial charge in [-0.25, -0.2) is 9.78 Å². The molecule has 4 amide bonds. The molecule has 1 atom stereocenters. The van der Waals surface area contributed by atoms with Gasteiger partial charge in [-0.2, -0.15) is 5.26 Å². The van der Waals surface area contributed by atoms with Crippen molar-refractivity contribution in [3.05, 3.63) is 82.9 Å². The Hall–Kier alpha value is -5.25. The van der Waals surface area contributed by atoms with Gasteiger partial charge in [0.1, 0.15) is 32.8 Å². The number of hydrogen-bond acceptors (Lipinski definition) is 8. The van der Waals surface area contributed by atoms with E-state index in [4.69, 9.17) is 9.47 Å². The van der Waals surface area contributed by atoms with Gasteiger partial charge in [-0.1, -0.05) is 18.2 Å². The van der Waals surface area contributed by atoms with Gasteiger partial charge in [0.05, 0.1) is 28.0 Å². The summed E-state index contributed by atoms with van der Waals surface area (Å²) in [5.41, 5.74) is 1.77. The second-order valence-electron chi connectivity index (χ2n) is 12.2. The molecule has 4 heterocycles.